The molecule has 0 radical (unpaired) electrons. The van der Waals surface area contributed by atoms with E-state index in [9.17, 15) is 13.2 Å². The number of benzene rings is 1. The Morgan fingerprint density at radius 1 is 1.42 bits per heavy atom. The van der Waals surface area contributed by atoms with Crippen molar-refractivity contribution in [2.45, 2.75) is 19.1 Å². The molecule has 0 amide bonds. The van der Waals surface area contributed by atoms with E-state index in [0.717, 1.165) is 43.0 Å². The number of carbonyl (C=O) groups is 1. The maximum Gasteiger partial charge on any atom is 0.490 e. The van der Waals surface area contributed by atoms with Gasteiger partial charge in [-0.3, -0.25) is 4.90 Å². The first-order chi connectivity index (χ1) is 11.2. The molecular formula is C15H20BrF3N2O3. The predicted molar refractivity (Wildman–Crippen MR) is 87.2 cm³/mol. The Morgan fingerprint density at radius 3 is 2.50 bits per heavy atom. The van der Waals surface area contributed by atoms with Gasteiger partial charge in [-0.2, -0.15) is 13.2 Å². The summed E-state index contributed by atoms with van der Waals surface area (Å²) in [7, 11) is 0. The van der Waals surface area contributed by atoms with Gasteiger partial charge in [0, 0.05) is 36.7 Å². The van der Waals surface area contributed by atoms with Gasteiger partial charge < -0.3 is 15.2 Å². The lowest BCUT2D eigenvalue weighted by molar-refractivity contribution is -0.192. The molecule has 1 aliphatic heterocycles. The van der Waals surface area contributed by atoms with Crippen LogP contribution in [0.2, 0.25) is 0 Å². The van der Waals surface area contributed by atoms with Crippen LogP contribution >= 0.6 is 15.9 Å². The summed E-state index contributed by atoms with van der Waals surface area (Å²) >= 11 is 3.41. The maximum absolute atomic E-state index is 10.6. The largest absolute Gasteiger partial charge is 0.492 e. The molecule has 2 rings (SSSR count). The predicted octanol–water partition coefficient (Wildman–Crippen LogP) is 2.75. The maximum atomic E-state index is 10.6. The number of nitrogens with zero attached hydrogens (tertiary/aromatic N) is 1. The molecule has 9 heteroatoms. The van der Waals surface area contributed by atoms with Gasteiger partial charge in [-0.25, -0.2) is 4.79 Å². The standard InChI is InChI=1S/C13H19BrN2O.C2HF3O2/c1-11-10-15-6-7-16(11)8-9-17-13-4-2-12(14)3-5-13;3-2(4,5)1(6)7/h2-5,11,15H,6-10H2,1H3;(H,6,7). The molecular weight excluding hydrogens is 393 g/mol. The topological polar surface area (TPSA) is 61.8 Å². The van der Waals surface area contributed by atoms with Crippen LogP contribution in [0.3, 0.4) is 0 Å². The molecule has 1 saturated heterocycles. The van der Waals surface area contributed by atoms with Crippen LogP contribution in [-0.4, -0.2) is 61.0 Å². The molecule has 24 heavy (non-hydrogen) atoms. The Balaban J connectivity index is 0.000000351. The highest BCUT2D eigenvalue weighted by molar-refractivity contribution is 9.10. The third-order valence-corrected chi connectivity index (χ3v) is 3.87. The lowest BCUT2D eigenvalue weighted by Gasteiger charge is -2.33. The third kappa shape index (κ3) is 7.98. The van der Waals surface area contributed by atoms with Gasteiger partial charge in [0.1, 0.15) is 12.4 Å². The Kier molecular flexibility index (Phi) is 8.51. The van der Waals surface area contributed by atoms with E-state index in [1.54, 1.807) is 0 Å². The minimum atomic E-state index is -5.08. The molecule has 1 atom stereocenters. The number of carboxylic acid groups (broad SMARTS) is 1. The molecule has 0 saturated carbocycles. The van der Waals surface area contributed by atoms with E-state index in [2.05, 4.69) is 33.1 Å². The minimum absolute atomic E-state index is 0.609. The van der Waals surface area contributed by atoms with E-state index >= 15 is 0 Å². The molecule has 1 aliphatic rings. The van der Waals surface area contributed by atoms with Crippen molar-refractivity contribution < 1.29 is 27.8 Å². The Labute approximate surface area is 146 Å². The van der Waals surface area contributed by atoms with Crippen molar-refractivity contribution >= 4 is 21.9 Å². The normalized spacial score (nSPS) is 18.5. The quantitative estimate of drug-likeness (QED) is 0.795. The van der Waals surface area contributed by atoms with Gasteiger partial charge in [0.25, 0.3) is 0 Å². The summed E-state index contributed by atoms with van der Waals surface area (Å²) in [5, 5.41) is 10.5. The summed E-state index contributed by atoms with van der Waals surface area (Å²) in [6, 6.07) is 8.60. The minimum Gasteiger partial charge on any atom is -0.492 e. The van der Waals surface area contributed by atoms with Crippen molar-refractivity contribution in [2.24, 2.45) is 0 Å². The fourth-order valence-corrected chi connectivity index (χ4v) is 2.29. The Morgan fingerprint density at radius 2 is 2.00 bits per heavy atom. The molecule has 1 heterocycles. The molecule has 0 bridgehead atoms. The van der Waals surface area contributed by atoms with Crippen molar-refractivity contribution in [1.82, 2.24) is 10.2 Å². The monoisotopic (exact) mass is 412 g/mol. The first-order valence-corrected chi connectivity index (χ1v) is 8.12. The van der Waals surface area contributed by atoms with E-state index in [-0.39, 0.29) is 0 Å². The number of carboxylic acids is 1. The molecule has 0 aliphatic carbocycles. The second-order valence-corrected chi connectivity index (χ2v) is 6.11. The highest BCUT2D eigenvalue weighted by Gasteiger charge is 2.38. The van der Waals surface area contributed by atoms with Gasteiger partial charge in [0.05, 0.1) is 0 Å². The van der Waals surface area contributed by atoms with Crippen molar-refractivity contribution in [1.29, 1.82) is 0 Å². The first-order valence-electron chi connectivity index (χ1n) is 7.33. The summed E-state index contributed by atoms with van der Waals surface area (Å²) in [4.78, 5) is 11.4. The van der Waals surface area contributed by atoms with Crippen LogP contribution in [0.4, 0.5) is 13.2 Å². The summed E-state index contributed by atoms with van der Waals surface area (Å²) in [6.45, 7) is 7.29. The zero-order chi connectivity index (χ0) is 18.2. The van der Waals surface area contributed by atoms with Gasteiger partial charge in [-0.05, 0) is 31.2 Å². The van der Waals surface area contributed by atoms with E-state index in [0.29, 0.717) is 6.04 Å². The van der Waals surface area contributed by atoms with Crippen molar-refractivity contribution in [3.63, 3.8) is 0 Å². The molecule has 2 N–H and O–H groups in total. The van der Waals surface area contributed by atoms with E-state index in [1.807, 2.05) is 24.3 Å². The van der Waals surface area contributed by atoms with Gasteiger partial charge in [-0.15, -0.1) is 0 Å². The number of aliphatic carboxylic acids is 1. The average Bonchev–Trinajstić information content (AvgIpc) is 2.51. The number of hydrogen-bond acceptors (Lipinski definition) is 4. The Bertz CT molecular complexity index is 512. The zero-order valence-electron chi connectivity index (χ0n) is 13.1. The van der Waals surface area contributed by atoms with Gasteiger partial charge in [0.15, 0.2) is 0 Å². The summed E-state index contributed by atoms with van der Waals surface area (Å²) in [5.41, 5.74) is 0. The highest BCUT2D eigenvalue weighted by Crippen LogP contribution is 2.16. The number of piperazine rings is 1. The summed E-state index contributed by atoms with van der Waals surface area (Å²) in [6.07, 6.45) is -5.08. The van der Waals surface area contributed by atoms with E-state index in [4.69, 9.17) is 14.6 Å². The number of ether oxygens (including phenoxy) is 1. The number of alkyl halides is 3. The van der Waals surface area contributed by atoms with E-state index < -0.39 is 12.1 Å². The molecule has 0 aromatic heterocycles. The smallest absolute Gasteiger partial charge is 0.490 e. The second kappa shape index (κ2) is 9.85. The number of hydrogen-bond donors (Lipinski definition) is 2. The first kappa shape index (κ1) is 20.7. The number of halogens is 4. The third-order valence-electron chi connectivity index (χ3n) is 3.34. The summed E-state index contributed by atoms with van der Waals surface area (Å²) in [5.74, 6) is -1.82. The second-order valence-electron chi connectivity index (χ2n) is 5.19. The highest BCUT2D eigenvalue weighted by atomic mass is 79.9. The molecule has 1 unspecified atom stereocenters. The number of rotatable bonds is 4. The van der Waals surface area contributed by atoms with Crippen molar-refractivity contribution in [2.75, 3.05) is 32.8 Å². The van der Waals surface area contributed by atoms with Crippen LogP contribution in [0.5, 0.6) is 5.75 Å². The molecule has 1 fully saturated rings. The van der Waals surface area contributed by atoms with Crippen LogP contribution in [0.25, 0.3) is 0 Å². The molecule has 5 nitrogen and oxygen atoms in total. The van der Waals surface area contributed by atoms with Crippen LogP contribution in [0.1, 0.15) is 6.92 Å². The molecule has 1 aromatic carbocycles. The lowest BCUT2D eigenvalue weighted by atomic mass is 10.2. The fourth-order valence-electron chi connectivity index (χ4n) is 2.03. The van der Waals surface area contributed by atoms with Gasteiger partial charge in [-0.1, -0.05) is 15.9 Å². The molecule has 1 aromatic rings. The van der Waals surface area contributed by atoms with Gasteiger partial charge >= 0.3 is 12.1 Å². The SMILES string of the molecule is CC1CNCCN1CCOc1ccc(Br)cc1.O=C(O)C(F)(F)F. The van der Waals surface area contributed by atoms with Crippen LogP contribution < -0.4 is 10.1 Å². The molecule has 0 spiro atoms. The summed E-state index contributed by atoms with van der Waals surface area (Å²) < 4.78 is 38.5. The van der Waals surface area contributed by atoms with Gasteiger partial charge in [0.2, 0.25) is 0 Å². The van der Waals surface area contributed by atoms with Crippen LogP contribution in [0, 0.1) is 0 Å². The molecule has 136 valence electrons. The number of nitrogens with one attached hydrogen (secondary N) is 1. The van der Waals surface area contributed by atoms with Crippen molar-refractivity contribution in [3.05, 3.63) is 28.7 Å². The fraction of sp³-hybridized carbons (Fsp3) is 0.533. The van der Waals surface area contributed by atoms with Crippen molar-refractivity contribution in [3.8, 4) is 5.75 Å². The zero-order valence-corrected chi connectivity index (χ0v) is 14.7. The Hall–Kier alpha value is -1.32. The van der Waals surface area contributed by atoms with Crippen LogP contribution in [-0.2, 0) is 4.79 Å². The average molecular weight is 413 g/mol. The lowest BCUT2D eigenvalue weighted by Crippen LogP contribution is -2.50. The van der Waals surface area contributed by atoms with Crippen LogP contribution in [0.15, 0.2) is 28.7 Å². The van der Waals surface area contributed by atoms with E-state index in [1.165, 1.54) is 0 Å².